The van der Waals surface area contributed by atoms with Crippen LogP contribution in [0.4, 0.5) is 0 Å². The minimum absolute atomic E-state index is 0.0401. The molecule has 2 unspecified atom stereocenters. The summed E-state index contributed by atoms with van der Waals surface area (Å²) >= 11 is 0. The number of aliphatic hydroxyl groups is 2. The Morgan fingerprint density at radius 1 is 1.05 bits per heavy atom. The van der Waals surface area contributed by atoms with Crippen LogP contribution in [0, 0.1) is 0 Å². The number of hydrogen-bond donors (Lipinski definition) is 2. The Hall–Kier alpha value is -0.0200. The molecule has 0 bridgehead atoms. The lowest BCUT2D eigenvalue weighted by Crippen LogP contribution is -2.17. The van der Waals surface area contributed by atoms with Gasteiger partial charge in [-0.1, -0.05) is 58.3 Å². The summed E-state index contributed by atoms with van der Waals surface area (Å²) in [5.74, 6) is 0. The summed E-state index contributed by atoms with van der Waals surface area (Å²) in [7, 11) is -0.196. The molecule has 20 heavy (non-hydrogen) atoms. The van der Waals surface area contributed by atoms with Crippen molar-refractivity contribution in [1.82, 2.24) is 0 Å². The molecule has 0 rings (SSSR count). The van der Waals surface area contributed by atoms with Gasteiger partial charge in [0.05, 0.1) is 22.0 Å². The van der Waals surface area contributed by atoms with E-state index in [-0.39, 0.29) is 27.5 Å². The minimum Gasteiger partial charge on any atom is -0.394 e. The SMILES string of the molecule is CCCCCCCCCCCC(=O)POCC(O)CO. The standard InChI is InChI=1S/C15H31O4P/c1-2-3-4-5-6-7-8-9-10-11-15(18)20-19-13-14(17)12-16/h14,16-17,20H,2-13H2,1H3. The second-order valence-electron chi connectivity index (χ2n) is 5.25. The van der Waals surface area contributed by atoms with Crippen molar-refractivity contribution in [3.05, 3.63) is 0 Å². The van der Waals surface area contributed by atoms with E-state index in [1.165, 1.54) is 44.9 Å². The fraction of sp³-hybridized carbons (Fsp3) is 0.933. The summed E-state index contributed by atoms with van der Waals surface area (Å²) in [5, 5.41) is 17.6. The van der Waals surface area contributed by atoms with Crippen molar-refractivity contribution in [1.29, 1.82) is 0 Å². The maximum absolute atomic E-state index is 11.5. The Morgan fingerprint density at radius 2 is 1.60 bits per heavy atom. The van der Waals surface area contributed by atoms with Gasteiger partial charge in [-0.15, -0.1) is 0 Å². The van der Waals surface area contributed by atoms with Crippen LogP contribution >= 0.6 is 8.81 Å². The summed E-state index contributed by atoms with van der Waals surface area (Å²) in [5.41, 5.74) is 0.109. The molecule has 0 heterocycles. The molecule has 5 heteroatoms. The number of hydrogen-bond acceptors (Lipinski definition) is 4. The summed E-state index contributed by atoms with van der Waals surface area (Å²) in [6, 6.07) is 0. The van der Waals surface area contributed by atoms with Gasteiger partial charge in [-0.3, -0.25) is 4.79 Å². The Kier molecular flexibility index (Phi) is 15.4. The lowest BCUT2D eigenvalue weighted by atomic mass is 10.1. The fourth-order valence-corrected chi connectivity index (χ4v) is 2.63. The molecule has 0 saturated heterocycles. The van der Waals surface area contributed by atoms with E-state index in [1.54, 1.807) is 0 Å². The molecule has 0 aliphatic rings. The lowest BCUT2D eigenvalue weighted by molar-refractivity contribution is -0.112. The summed E-state index contributed by atoms with van der Waals surface area (Å²) in [4.78, 5) is 11.5. The third kappa shape index (κ3) is 14.4. The van der Waals surface area contributed by atoms with Crippen LogP contribution in [-0.4, -0.2) is 35.1 Å². The molecule has 0 aromatic heterocycles. The molecule has 0 aromatic rings. The molecule has 2 atom stereocenters. The molecule has 0 radical (unpaired) electrons. The first-order valence-electron chi connectivity index (χ1n) is 7.90. The predicted octanol–water partition coefficient (Wildman–Crippen LogP) is 3.40. The highest BCUT2D eigenvalue weighted by atomic mass is 31.1. The molecule has 2 N–H and O–H groups in total. The van der Waals surface area contributed by atoms with Crippen LogP contribution in [0.15, 0.2) is 0 Å². The third-order valence-electron chi connectivity index (χ3n) is 3.18. The number of carbonyl (C=O) groups is 1. The highest BCUT2D eigenvalue weighted by molar-refractivity contribution is 7.53. The van der Waals surface area contributed by atoms with Crippen LogP contribution in [0.5, 0.6) is 0 Å². The molecule has 120 valence electrons. The van der Waals surface area contributed by atoms with Crippen LogP contribution in [0.1, 0.15) is 71.1 Å². The first kappa shape index (κ1) is 20.0. The number of aliphatic hydroxyl groups excluding tert-OH is 2. The zero-order valence-electron chi connectivity index (χ0n) is 12.8. The molecule has 4 nitrogen and oxygen atoms in total. The Balaban J connectivity index is 3.19. The van der Waals surface area contributed by atoms with E-state index in [2.05, 4.69) is 6.92 Å². The van der Waals surface area contributed by atoms with Gasteiger partial charge >= 0.3 is 0 Å². The Morgan fingerprint density at radius 3 is 2.15 bits per heavy atom. The topological polar surface area (TPSA) is 66.8 Å². The smallest absolute Gasteiger partial charge is 0.178 e. The highest BCUT2D eigenvalue weighted by Gasteiger charge is 2.05. The zero-order valence-corrected chi connectivity index (χ0v) is 13.8. The van der Waals surface area contributed by atoms with Gasteiger partial charge in [0, 0.05) is 6.42 Å². The van der Waals surface area contributed by atoms with E-state index in [9.17, 15) is 4.79 Å². The first-order chi connectivity index (χ1) is 9.70. The average molecular weight is 306 g/mol. The second-order valence-corrected chi connectivity index (χ2v) is 6.30. The molecular weight excluding hydrogens is 275 g/mol. The van der Waals surface area contributed by atoms with Gasteiger partial charge in [-0.2, -0.15) is 0 Å². The molecule has 0 aliphatic heterocycles. The van der Waals surface area contributed by atoms with Crippen LogP contribution in [0.3, 0.4) is 0 Å². The van der Waals surface area contributed by atoms with E-state index in [1.807, 2.05) is 0 Å². The van der Waals surface area contributed by atoms with Gasteiger partial charge in [0.15, 0.2) is 5.52 Å². The number of carbonyl (C=O) groups excluding carboxylic acids is 1. The van der Waals surface area contributed by atoms with Crippen LogP contribution in [0.2, 0.25) is 0 Å². The van der Waals surface area contributed by atoms with Gasteiger partial charge in [-0.05, 0) is 6.42 Å². The molecule has 0 aromatic carbocycles. The van der Waals surface area contributed by atoms with Crippen LogP contribution < -0.4 is 0 Å². The van der Waals surface area contributed by atoms with Crippen molar-refractivity contribution >= 4 is 14.3 Å². The van der Waals surface area contributed by atoms with Gasteiger partial charge in [0.2, 0.25) is 0 Å². The second kappa shape index (κ2) is 15.4. The maximum atomic E-state index is 11.5. The van der Waals surface area contributed by atoms with Gasteiger partial charge < -0.3 is 14.7 Å². The van der Waals surface area contributed by atoms with Gasteiger partial charge in [-0.25, -0.2) is 0 Å². The molecular formula is C15H31O4P. The highest BCUT2D eigenvalue weighted by Crippen LogP contribution is 2.19. The van der Waals surface area contributed by atoms with Gasteiger partial charge in [0.25, 0.3) is 0 Å². The molecule has 0 saturated carbocycles. The lowest BCUT2D eigenvalue weighted by Gasteiger charge is -2.07. The largest absolute Gasteiger partial charge is 0.394 e. The summed E-state index contributed by atoms with van der Waals surface area (Å²) in [6.45, 7) is 1.95. The van der Waals surface area contributed by atoms with Crippen molar-refractivity contribution in [2.24, 2.45) is 0 Å². The van der Waals surface area contributed by atoms with Crippen LogP contribution in [-0.2, 0) is 9.32 Å². The zero-order chi connectivity index (χ0) is 15.1. The minimum atomic E-state index is -0.872. The first-order valence-corrected chi connectivity index (χ1v) is 8.81. The Bertz CT molecular complexity index is 224. The summed E-state index contributed by atoms with van der Waals surface area (Å²) in [6.07, 6.45) is 10.9. The maximum Gasteiger partial charge on any atom is 0.178 e. The monoisotopic (exact) mass is 306 g/mol. The molecule has 0 amide bonds. The fourth-order valence-electron chi connectivity index (χ4n) is 1.92. The van der Waals surface area contributed by atoms with E-state index < -0.39 is 6.10 Å². The average Bonchev–Trinajstić information content (AvgIpc) is 2.45. The number of unbranched alkanes of at least 4 members (excludes halogenated alkanes) is 8. The molecule has 0 fully saturated rings. The number of rotatable bonds is 15. The predicted molar refractivity (Wildman–Crippen MR) is 84.2 cm³/mol. The van der Waals surface area contributed by atoms with Crippen molar-refractivity contribution in [3.63, 3.8) is 0 Å². The van der Waals surface area contributed by atoms with E-state index >= 15 is 0 Å². The summed E-state index contributed by atoms with van der Waals surface area (Å²) < 4.78 is 5.05. The van der Waals surface area contributed by atoms with Crippen LogP contribution in [0.25, 0.3) is 0 Å². The normalized spacial score (nSPS) is 13.2. The molecule has 0 aliphatic carbocycles. The van der Waals surface area contributed by atoms with Crippen molar-refractivity contribution in [2.75, 3.05) is 13.2 Å². The quantitative estimate of drug-likeness (QED) is 0.359. The molecule has 0 spiro atoms. The van der Waals surface area contributed by atoms with Gasteiger partial charge in [0.1, 0.15) is 6.10 Å². The van der Waals surface area contributed by atoms with Crippen molar-refractivity contribution in [2.45, 2.75) is 77.2 Å². The van der Waals surface area contributed by atoms with E-state index in [4.69, 9.17) is 14.7 Å². The van der Waals surface area contributed by atoms with Crippen molar-refractivity contribution in [3.8, 4) is 0 Å². The van der Waals surface area contributed by atoms with Crippen molar-refractivity contribution < 1.29 is 19.5 Å². The third-order valence-corrected chi connectivity index (χ3v) is 3.97. The van der Waals surface area contributed by atoms with E-state index in [0.29, 0.717) is 6.42 Å². The van der Waals surface area contributed by atoms with E-state index in [0.717, 1.165) is 12.8 Å². The Labute approximate surface area is 125 Å².